The van der Waals surface area contributed by atoms with Crippen LogP contribution in [-0.2, 0) is 9.59 Å². The van der Waals surface area contributed by atoms with Crippen LogP contribution >= 0.6 is 23.2 Å². The lowest BCUT2D eigenvalue weighted by molar-refractivity contribution is -0.127. The number of benzene rings is 1. The number of nitrogens with one attached hydrogen (secondary N) is 3. The molecule has 3 N–H and O–H groups in total. The zero-order chi connectivity index (χ0) is 15.3. The van der Waals surface area contributed by atoms with Gasteiger partial charge in [-0.3, -0.25) is 20.4 Å². The highest BCUT2D eigenvalue weighted by atomic mass is 35.5. The van der Waals surface area contributed by atoms with E-state index in [-0.39, 0.29) is 23.5 Å². The average molecular weight is 322 g/mol. The van der Waals surface area contributed by atoms with Gasteiger partial charge in [0.2, 0.25) is 5.91 Å². The second kappa shape index (κ2) is 7.42. The van der Waals surface area contributed by atoms with E-state index in [1.807, 2.05) is 0 Å². The summed E-state index contributed by atoms with van der Waals surface area (Å²) in [5, 5.41) is 3.10. The summed E-state index contributed by atoms with van der Waals surface area (Å²) in [5.41, 5.74) is 4.84. The molecule has 0 unspecified atom stereocenters. The Balaban J connectivity index is 2.59. The van der Waals surface area contributed by atoms with E-state index >= 15 is 0 Å². The van der Waals surface area contributed by atoms with Crippen LogP contribution in [0.5, 0.6) is 0 Å². The third kappa shape index (κ3) is 4.96. The fourth-order valence-electron chi connectivity index (χ4n) is 1.43. The lowest BCUT2D eigenvalue weighted by Crippen LogP contribution is -2.44. The van der Waals surface area contributed by atoms with E-state index in [2.05, 4.69) is 16.2 Å². The number of halogens is 3. The Morgan fingerprint density at radius 3 is 2.50 bits per heavy atom. The Labute approximate surface area is 125 Å². The van der Waals surface area contributed by atoms with Crippen LogP contribution in [0.3, 0.4) is 0 Å². The van der Waals surface area contributed by atoms with E-state index in [0.29, 0.717) is 10.6 Å². The van der Waals surface area contributed by atoms with Gasteiger partial charge in [-0.2, -0.15) is 0 Å². The van der Waals surface area contributed by atoms with Crippen LogP contribution in [0, 0.1) is 5.82 Å². The molecule has 1 atom stereocenters. The van der Waals surface area contributed by atoms with Crippen molar-refractivity contribution in [3.05, 3.63) is 33.6 Å². The molecule has 0 saturated carbocycles. The molecule has 0 fully saturated rings. The minimum absolute atomic E-state index is 0.0608. The van der Waals surface area contributed by atoms with E-state index in [1.165, 1.54) is 19.1 Å². The van der Waals surface area contributed by atoms with Gasteiger partial charge in [0.05, 0.1) is 11.6 Å². The van der Waals surface area contributed by atoms with Crippen LogP contribution in [0.1, 0.15) is 25.5 Å². The highest BCUT2D eigenvalue weighted by molar-refractivity contribution is 6.35. The summed E-state index contributed by atoms with van der Waals surface area (Å²) in [4.78, 5) is 22.0. The molecule has 0 heterocycles. The van der Waals surface area contributed by atoms with Gasteiger partial charge in [-0.05, 0) is 24.6 Å². The predicted molar refractivity (Wildman–Crippen MR) is 74.8 cm³/mol. The molecular weight excluding hydrogens is 308 g/mol. The van der Waals surface area contributed by atoms with Gasteiger partial charge >= 0.3 is 0 Å². The maximum Gasteiger partial charge on any atom is 0.252 e. The van der Waals surface area contributed by atoms with Gasteiger partial charge in [0, 0.05) is 18.0 Å². The second-order valence-electron chi connectivity index (χ2n) is 4.12. The van der Waals surface area contributed by atoms with E-state index < -0.39 is 11.7 Å². The molecule has 1 aromatic carbocycles. The van der Waals surface area contributed by atoms with Crippen LogP contribution in [0.25, 0.3) is 0 Å². The summed E-state index contributed by atoms with van der Waals surface area (Å²) in [7, 11) is 0. The smallest absolute Gasteiger partial charge is 0.252 e. The van der Waals surface area contributed by atoms with Crippen LogP contribution in [0.15, 0.2) is 12.1 Å². The maximum absolute atomic E-state index is 13.4. The minimum atomic E-state index is -0.581. The third-order valence-corrected chi connectivity index (χ3v) is 3.07. The van der Waals surface area contributed by atoms with Crippen molar-refractivity contribution in [3.8, 4) is 0 Å². The molecule has 0 aromatic heterocycles. The van der Waals surface area contributed by atoms with E-state index in [4.69, 9.17) is 23.2 Å². The number of hydrazine groups is 1. The first-order valence-corrected chi connectivity index (χ1v) is 6.50. The minimum Gasteiger partial charge on any atom is -0.302 e. The van der Waals surface area contributed by atoms with Crippen LogP contribution < -0.4 is 16.2 Å². The van der Waals surface area contributed by atoms with Crippen molar-refractivity contribution >= 4 is 35.0 Å². The zero-order valence-corrected chi connectivity index (χ0v) is 12.4. The molecule has 0 saturated heterocycles. The molecule has 20 heavy (non-hydrogen) atoms. The van der Waals surface area contributed by atoms with Crippen molar-refractivity contribution in [2.45, 2.75) is 19.9 Å². The normalized spacial score (nSPS) is 11.8. The maximum atomic E-state index is 13.4. The summed E-state index contributed by atoms with van der Waals surface area (Å²) in [5.74, 6) is -1.39. The number of hydrogen-bond acceptors (Lipinski definition) is 3. The van der Waals surface area contributed by atoms with E-state index in [9.17, 15) is 14.0 Å². The second-order valence-corrected chi connectivity index (χ2v) is 4.93. The zero-order valence-electron chi connectivity index (χ0n) is 10.9. The van der Waals surface area contributed by atoms with Gasteiger partial charge in [0.25, 0.3) is 5.91 Å². The Hall–Kier alpha value is -1.37. The fourth-order valence-corrected chi connectivity index (χ4v) is 1.97. The molecule has 1 aromatic rings. The SMILES string of the molecule is CC(=O)NNC(=O)CN[C@H](C)c1cc(F)c(Cl)cc1Cl. The number of carbonyl (C=O) groups is 2. The van der Waals surface area contributed by atoms with Crippen molar-refractivity contribution in [2.75, 3.05) is 6.54 Å². The topological polar surface area (TPSA) is 70.2 Å². The van der Waals surface area contributed by atoms with Crippen LogP contribution in [-0.4, -0.2) is 18.4 Å². The van der Waals surface area contributed by atoms with Gasteiger partial charge in [-0.1, -0.05) is 23.2 Å². The first-order valence-electron chi connectivity index (χ1n) is 5.74. The summed E-state index contributed by atoms with van der Waals surface area (Å²) < 4.78 is 13.4. The van der Waals surface area contributed by atoms with Gasteiger partial charge < -0.3 is 5.32 Å². The number of hydrogen-bond donors (Lipinski definition) is 3. The molecule has 0 aliphatic heterocycles. The molecule has 5 nitrogen and oxygen atoms in total. The molecule has 1 rings (SSSR count). The standard InChI is InChI=1S/C12H14Cl2FN3O2/c1-6(16-5-12(20)18-17-7(2)19)8-3-11(15)10(14)4-9(8)13/h3-4,6,16H,5H2,1-2H3,(H,17,19)(H,18,20)/t6-/m1/s1. The molecule has 0 aliphatic carbocycles. The van der Waals surface area contributed by atoms with Crippen LogP contribution in [0.2, 0.25) is 10.0 Å². The van der Waals surface area contributed by atoms with Gasteiger partial charge in [0.1, 0.15) is 5.82 Å². The van der Waals surface area contributed by atoms with Gasteiger partial charge in [0.15, 0.2) is 0 Å². The Bertz CT molecular complexity index is 526. The van der Waals surface area contributed by atoms with Crippen molar-refractivity contribution in [1.29, 1.82) is 0 Å². The van der Waals surface area contributed by atoms with Crippen molar-refractivity contribution in [3.63, 3.8) is 0 Å². The molecule has 2 amide bonds. The largest absolute Gasteiger partial charge is 0.302 e. The predicted octanol–water partition coefficient (Wildman–Crippen LogP) is 1.95. The Kier molecular flexibility index (Phi) is 6.19. The van der Waals surface area contributed by atoms with Crippen LogP contribution in [0.4, 0.5) is 4.39 Å². The number of amides is 2. The average Bonchev–Trinajstić information content (AvgIpc) is 2.37. The summed E-state index contributed by atoms with van der Waals surface area (Å²) in [6.07, 6.45) is 0. The number of rotatable bonds is 4. The van der Waals surface area contributed by atoms with Gasteiger partial charge in [-0.25, -0.2) is 4.39 Å². The van der Waals surface area contributed by atoms with Gasteiger partial charge in [-0.15, -0.1) is 0 Å². The fraction of sp³-hybridized carbons (Fsp3) is 0.333. The molecule has 110 valence electrons. The lowest BCUT2D eigenvalue weighted by Gasteiger charge is -2.16. The molecular formula is C12H14Cl2FN3O2. The molecule has 8 heteroatoms. The summed E-state index contributed by atoms with van der Waals surface area (Å²) in [6, 6.07) is 2.16. The molecule has 0 aliphatic rings. The first-order chi connectivity index (χ1) is 9.31. The third-order valence-electron chi connectivity index (χ3n) is 2.45. The first kappa shape index (κ1) is 16.7. The van der Waals surface area contributed by atoms with Crippen molar-refractivity contribution in [2.24, 2.45) is 0 Å². The Morgan fingerprint density at radius 2 is 1.90 bits per heavy atom. The van der Waals surface area contributed by atoms with E-state index in [0.717, 1.165) is 0 Å². The highest BCUT2D eigenvalue weighted by Gasteiger charge is 2.14. The highest BCUT2D eigenvalue weighted by Crippen LogP contribution is 2.28. The monoisotopic (exact) mass is 321 g/mol. The summed E-state index contributed by atoms with van der Waals surface area (Å²) in [6.45, 7) is 2.93. The molecule has 0 radical (unpaired) electrons. The molecule has 0 spiro atoms. The lowest BCUT2D eigenvalue weighted by atomic mass is 10.1. The molecule has 0 bridgehead atoms. The van der Waals surface area contributed by atoms with Crippen molar-refractivity contribution < 1.29 is 14.0 Å². The Morgan fingerprint density at radius 1 is 1.25 bits per heavy atom. The quantitative estimate of drug-likeness (QED) is 0.586. The van der Waals surface area contributed by atoms with E-state index in [1.54, 1.807) is 6.92 Å². The van der Waals surface area contributed by atoms with Crippen molar-refractivity contribution in [1.82, 2.24) is 16.2 Å². The summed E-state index contributed by atoms with van der Waals surface area (Å²) >= 11 is 11.6. The number of carbonyl (C=O) groups excluding carboxylic acids is 2.